The Balaban J connectivity index is 0.856. The lowest BCUT2D eigenvalue weighted by atomic mass is 9.79. The number of nitrogens with zero attached hydrogens (tertiary/aromatic N) is 3. The summed E-state index contributed by atoms with van der Waals surface area (Å²) in [4.78, 5) is 42.6. The smallest absolute Gasteiger partial charge is 0.264 e. The molecule has 0 atom stereocenters. The number of carbonyl (C=O) groups is 3. The van der Waals surface area contributed by atoms with Crippen LogP contribution in [0.15, 0.2) is 133 Å². The van der Waals surface area contributed by atoms with E-state index in [1.165, 1.54) is 21.9 Å². The van der Waals surface area contributed by atoms with Crippen molar-refractivity contribution in [1.82, 2.24) is 15.2 Å². The third-order valence-corrected chi connectivity index (χ3v) is 16.1. The van der Waals surface area contributed by atoms with E-state index in [1.807, 2.05) is 55.5 Å². The Bertz CT molecular complexity index is 3380. The maximum Gasteiger partial charge on any atom is 0.264 e. The molecule has 0 bridgehead atoms. The highest BCUT2D eigenvalue weighted by molar-refractivity contribution is 14.1. The number of nitrogens with one attached hydrogen (secondary N) is 2. The number of methoxy groups -OCH3 is 1. The standard InChI is InChI=1S/C60H66IN5O7S/c1-8-64-51-29-22-41(37-55(67)62-32-14-15-33-63-56(68)39-47-40(2)66(50-31-28-45(73-7)38-48(47)50)58(69)43-23-26-44(61)27-24-43)36-49(51)59(3,4)53(64)20-10-9-11-21-54-60(5,6)57-46-19-13-12-18-42(46)25-30-52(57)65(54)34-16-17-35-74(70,71)72/h9-13,18-31,36,38H,8,14-17,32-35,37,39H2,1-7H3,(H2-,62,63,67,68,70,71,72)/p+1. The summed E-state index contributed by atoms with van der Waals surface area (Å²) >= 11 is 2.21. The maximum absolute atomic E-state index is 13.7. The molecule has 2 aliphatic heterocycles. The van der Waals surface area contributed by atoms with Crippen LogP contribution in [0.5, 0.6) is 5.75 Å². The monoisotopic (exact) mass is 1130 g/mol. The Hall–Kier alpha value is -6.36. The number of rotatable bonds is 20. The average Bonchev–Trinajstić information content (AvgIpc) is 3.86. The SMILES string of the molecule is CCN1/C(=C/C=C/C=C/C2=[N+](CCCCS(=O)(=O)O)c3ccc4ccccc4c3C2(C)C)C(C)(C)c2cc(CC(=O)NCCCCNC(=O)Cc3c(C)n(C(=O)c4ccc(I)cc4)c4ccc(OC)cc34)ccc21. The van der Waals surface area contributed by atoms with Gasteiger partial charge in [-0.2, -0.15) is 13.0 Å². The predicted octanol–water partition coefficient (Wildman–Crippen LogP) is 11.1. The molecular weight excluding hydrogens is 1060 g/mol. The second kappa shape index (κ2) is 22.6. The first-order chi connectivity index (χ1) is 35.3. The first-order valence-electron chi connectivity index (χ1n) is 25.4. The number of likely N-dealkylation sites (N-methyl/N-ethyl adjacent to an activating group) is 1. The molecule has 386 valence electrons. The van der Waals surface area contributed by atoms with Crippen LogP contribution in [0.25, 0.3) is 21.7 Å². The van der Waals surface area contributed by atoms with Gasteiger partial charge < -0.3 is 20.3 Å². The zero-order valence-corrected chi connectivity index (χ0v) is 46.4. The summed E-state index contributed by atoms with van der Waals surface area (Å²) in [5, 5.41) is 9.28. The van der Waals surface area contributed by atoms with E-state index in [4.69, 9.17) is 4.74 Å². The van der Waals surface area contributed by atoms with Crippen LogP contribution in [0.3, 0.4) is 0 Å². The van der Waals surface area contributed by atoms with Crippen LogP contribution in [0, 0.1) is 10.5 Å². The summed E-state index contributed by atoms with van der Waals surface area (Å²) in [6.45, 7) is 15.3. The lowest BCUT2D eigenvalue weighted by Gasteiger charge is -2.25. The Kier molecular flexibility index (Phi) is 16.5. The van der Waals surface area contributed by atoms with Crippen molar-refractivity contribution in [1.29, 1.82) is 0 Å². The van der Waals surface area contributed by atoms with E-state index >= 15 is 0 Å². The molecule has 0 fully saturated rings. The van der Waals surface area contributed by atoms with Gasteiger partial charge in [0, 0.05) is 80.8 Å². The van der Waals surface area contributed by atoms with Crippen LogP contribution in [-0.4, -0.2) is 84.6 Å². The highest BCUT2D eigenvalue weighted by Gasteiger charge is 2.45. The van der Waals surface area contributed by atoms with Gasteiger partial charge in [0.05, 0.1) is 36.6 Å². The van der Waals surface area contributed by atoms with Crippen molar-refractivity contribution in [3.63, 3.8) is 0 Å². The second-order valence-corrected chi connectivity index (χ2v) is 23.0. The van der Waals surface area contributed by atoms with Crippen LogP contribution in [-0.2, 0) is 43.4 Å². The first kappa shape index (κ1) is 53.9. The van der Waals surface area contributed by atoms with E-state index in [0.717, 1.165) is 54.9 Å². The number of aromatic nitrogens is 1. The fraction of sp³-hybridized carbons (Fsp3) is 0.333. The summed E-state index contributed by atoms with van der Waals surface area (Å²) in [7, 11) is -2.43. The van der Waals surface area contributed by atoms with Gasteiger partial charge in [-0.15, -0.1) is 0 Å². The number of ether oxygens (including phenoxy) is 1. The first-order valence-corrected chi connectivity index (χ1v) is 28.1. The van der Waals surface area contributed by atoms with Gasteiger partial charge in [-0.05, 0) is 158 Å². The molecule has 6 aromatic rings. The molecule has 74 heavy (non-hydrogen) atoms. The molecule has 3 heterocycles. The lowest BCUT2D eigenvalue weighted by molar-refractivity contribution is -0.438. The van der Waals surface area contributed by atoms with Crippen LogP contribution in [0.1, 0.15) is 98.6 Å². The molecule has 0 radical (unpaired) electrons. The van der Waals surface area contributed by atoms with Crippen molar-refractivity contribution in [2.45, 2.75) is 90.9 Å². The zero-order valence-electron chi connectivity index (χ0n) is 43.4. The minimum atomic E-state index is -4.03. The molecule has 8 rings (SSSR count). The predicted molar refractivity (Wildman–Crippen MR) is 306 cm³/mol. The quantitative estimate of drug-likeness (QED) is 0.0225. The number of unbranched alkanes of at least 4 members (excludes halogenated alkanes) is 2. The molecule has 1 aromatic heterocycles. The largest absolute Gasteiger partial charge is 0.497 e. The van der Waals surface area contributed by atoms with Crippen LogP contribution < -0.4 is 20.3 Å². The maximum atomic E-state index is 13.7. The van der Waals surface area contributed by atoms with Crippen molar-refractivity contribution in [2.24, 2.45) is 0 Å². The zero-order chi connectivity index (χ0) is 53.0. The molecule has 14 heteroatoms. The van der Waals surface area contributed by atoms with Crippen molar-refractivity contribution < 1.29 is 36.7 Å². The lowest BCUT2D eigenvalue weighted by Crippen LogP contribution is -2.29. The van der Waals surface area contributed by atoms with Crippen LogP contribution in [0.2, 0.25) is 0 Å². The number of amides is 2. The van der Waals surface area contributed by atoms with E-state index in [-0.39, 0.29) is 47.1 Å². The molecule has 12 nitrogen and oxygen atoms in total. The van der Waals surface area contributed by atoms with E-state index in [1.54, 1.807) is 11.7 Å². The van der Waals surface area contributed by atoms with Gasteiger partial charge in [0.1, 0.15) is 12.3 Å². The summed E-state index contributed by atoms with van der Waals surface area (Å²) in [5.74, 6) is 0.0303. The minimum absolute atomic E-state index is 0.0547. The number of benzene rings is 5. The van der Waals surface area contributed by atoms with Gasteiger partial charge in [0.15, 0.2) is 5.71 Å². The van der Waals surface area contributed by atoms with Gasteiger partial charge in [-0.1, -0.05) is 68.5 Å². The molecule has 0 saturated carbocycles. The molecular formula is C60H67IN5O7S+. The summed E-state index contributed by atoms with van der Waals surface area (Å²) < 4.78 is 42.8. The highest BCUT2D eigenvalue weighted by atomic mass is 127. The second-order valence-electron chi connectivity index (χ2n) is 20.2. The van der Waals surface area contributed by atoms with Crippen LogP contribution >= 0.6 is 22.6 Å². The molecule has 0 saturated heterocycles. The molecule has 0 aliphatic carbocycles. The van der Waals surface area contributed by atoms with Crippen molar-refractivity contribution in [3.05, 3.63) is 170 Å². The number of halogens is 1. The number of hydrogen-bond acceptors (Lipinski definition) is 7. The van der Waals surface area contributed by atoms with E-state index in [9.17, 15) is 27.4 Å². The van der Waals surface area contributed by atoms with E-state index in [2.05, 4.69) is 156 Å². The summed E-state index contributed by atoms with van der Waals surface area (Å²) in [6, 6.07) is 32.0. The molecule has 3 N–H and O–H groups in total. The normalized spacial score (nSPS) is 15.5. The Labute approximate surface area is 449 Å². The Morgan fingerprint density at radius 2 is 1.51 bits per heavy atom. The third-order valence-electron chi connectivity index (χ3n) is 14.6. The third kappa shape index (κ3) is 11.5. The number of anilines is 1. The van der Waals surface area contributed by atoms with Crippen molar-refractivity contribution in [3.8, 4) is 5.75 Å². The molecule has 0 unspecified atom stereocenters. The van der Waals surface area contributed by atoms with Crippen LogP contribution in [0.4, 0.5) is 11.4 Å². The Morgan fingerprint density at radius 3 is 2.22 bits per heavy atom. The summed E-state index contributed by atoms with van der Waals surface area (Å²) in [6.07, 6.45) is 13.3. The highest BCUT2D eigenvalue weighted by Crippen LogP contribution is 2.48. The Morgan fingerprint density at radius 1 is 0.797 bits per heavy atom. The fourth-order valence-corrected chi connectivity index (χ4v) is 11.8. The van der Waals surface area contributed by atoms with Gasteiger partial charge in [-0.25, -0.2) is 0 Å². The van der Waals surface area contributed by atoms with Gasteiger partial charge >= 0.3 is 0 Å². The summed E-state index contributed by atoms with van der Waals surface area (Å²) in [5.41, 5.74) is 10.0. The fourth-order valence-electron chi connectivity index (χ4n) is 10.8. The topological polar surface area (TPSA) is 150 Å². The number of allylic oxidation sites excluding steroid dienone is 6. The van der Waals surface area contributed by atoms with Crippen molar-refractivity contribution in [2.75, 3.05) is 43.9 Å². The number of fused-ring (bicyclic) bond motifs is 5. The number of hydrogen-bond donors (Lipinski definition) is 3. The molecule has 2 amide bonds. The molecule has 5 aromatic carbocycles. The number of carbonyl (C=O) groups excluding carboxylic acids is 3. The molecule has 0 spiro atoms. The van der Waals surface area contributed by atoms with E-state index < -0.39 is 10.1 Å². The van der Waals surface area contributed by atoms with Gasteiger partial charge in [-0.3, -0.25) is 23.5 Å². The minimum Gasteiger partial charge on any atom is -0.497 e. The average molecular weight is 1130 g/mol. The van der Waals surface area contributed by atoms with E-state index in [0.29, 0.717) is 62.3 Å². The molecule has 2 aliphatic rings. The van der Waals surface area contributed by atoms with Gasteiger partial charge in [0.2, 0.25) is 17.5 Å². The van der Waals surface area contributed by atoms with Crippen molar-refractivity contribution >= 4 is 89.2 Å². The van der Waals surface area contributed by atoms with Gasteiger partial charge in [0.25, 0.3) is 16.0 Å².